The predicted octanol–water partition coefficient (Wildman–Crippen LogP) is 0.636. The van der Waals surface area contributed by atoms with E-state index in [2.05, 4.69) is 21.3 Å². The molecule has 42 heavy (non-hydrogen) atoms. The lowest BCUT2D eigenvalue weighted by Crippen LogP contribution is -2.56. The van der Waals surface area contributed by atoms with Gasteiger partial charge in [-0.15, -0.1) is 0 Å². The van der Waals surface area contributed by atoms with Gasteiger partial charge in [-0.3, -0.25) is 38.9 Å². The van der Waals surface area contributed by atoms with Gasteiger partial charge >= 0.3 is 5.97 Å². The zero-order valence-electron chi connectivity index (χ0n) is 23.6. The molecule has 15 nitrogen and oxygen atoms in total. The molecule has 1 aromatic carbocycles. The van der Waals surface area contributed by atoms with Crippen LogP contribution < -0.4 is 21.3 Å². The number of non-ortho nitro benzene ring substituents is 1. The maximum absolute atomic E-state index is 13.3. The number of carbonyl (C=O) groups is 6. The average Bonchev–Trinajstić information content (AvgIpc) is 3.44. The highest BCUT2D eigenvalue weighted by molar-refractivity contribution is 7.98. The molecule has 0 bridgehead atoms. The summed E-state index contributed by atoms with van der Waals surface area (Å²) >= 11 is 1.48. The zero-order valence-corrected chi connectivity index (χ0v) is 24.4. The molecule has 0 unspecified atom stereocenters. The molecule has 0 aliphatic carbocycles. The number of aliphatic carboxylic acids is 1. The third-order valence-electron chi connectivity index (χ3n) is 6.49. The van der Waals surface area contributed by atoms with Crippen LogP contribution in [0.5, 0.6) is 0 Å². The van der Waals surface area contributed by atoms with Gasteiger partial charge in [0.1, 0.15) is 24.2 Å². The molecule has 0 aromatic heterocycles. The third kappa shape index (κ3) is 10.3. The first-order chi connectivity index (χ1) is 19.8. The number of benzene rings is 1. The Bertz CT molecular complexity index is 1180. The predicted molar refractivity (Wildman–Crippen MR) is 153 cm³/mol. The smallest absolute Gasteiger partial charge is 0.303 e. The summed E-state index contributed by atoms with van der Waals surface area (Å²) in [5.74, 6) is -3.41. The Morgan fingerprint density at radius 3 is 2.29 bits per heavy atom. The van der Waals surface area contributed by atoms with E-state index in [9.17, 15) is 38.9 Å². The second-order valence-corrected chi connectivity index (χ2v) is 10.7. The van der Waals surface area contributed by atoms with Crippen LogP contribution in [-0.4, -0.2) is 93.2 Å². The van der Waals surface area contributed by atoms with Crippen molar-refractivity contribution in [2.24, 2.45) is 0 Å². The Hall–Kier alpha value is -4.21. The number of carbonyl (C=O) groups excluding carboxylic acids is 5. The number of thioether (sulfide) groups is 1. The summed E-state index contributed by atoms with van der Waals surface area (Å²) in [5.41, 5.74) is 0.190. The van der Waals surface area contributed by atoms with E-state index >= 15 is 0 Å². The number of likely N-dealkylation sites (tertiary alicyclic amines) is 1. The quantitative estimate of drug-likeness (QED) is 0.138. The molecule has 1 aliphatic rings. The second kappa shape index (κ2) is 16.3. The molecule has 230 valence electrons. The average molecular weight is 609 g/mol. The number of anilines is 1. The molecule has 5 N–H and O–H groups in total. The van der Waals surface area contributed by atoms with E-state index in [-0.39, 0.29) is 25.1 Å². The number of nitrogens with one attached hydrogen (secondary N) is 4. The van der Waals surface area contributed by atoms with Gasteiger partial charge in [0.05, 0.1) is 11.3 Å². The first kappa shape index (κ1) is 34.0. The van der Waals surface area contributed by atoms with E-state index in [1.807, 2.05) is 6.26 Å². The summed E-state index contributed by atoms with van der Waals surface area (Å²) in [4.78, 5) is 86.0. The molecule has 1 saturated heterocycles. The zero-order chi connectivity index (χ0) is 31.4. The minimum absolute atomic E-state index is 0.133. The number of nitro benzene ring substituents is 1. The minimum atomic E-state index is -1.15. The van der Waals surface area contributed by atoms with Crippen molar-refractivity contribution in [3.8, 4) is 0 Å². The lowest BCUT2D eigenvalue weighted by Gasteiger charge is -2.29. The van der Waals surface area contributed by atoms with E-state index < -0.39 is 64.6 Å². The van der Waals surface area contributed by atoms with Crippen LogP contribution in [0.25, 0.3) is 0 Å². The summed E-state index contributed by atoms with van der Waals surface area (Å²) in [6.07, 6.45) is 2.36. The van der Waals surface area contributed by atoms with Gasteiger partial charge in [-0.25, -0.2) is 0 Å². The highest BCUT2D eigenvalue weighted by Crippen LogP contribution is 2.20. The maximum atomic E-state index is 13.3. The van der Waals surface area contributed by atoms with Crippen LogP contribution in [0.2, 0.25) is 0 Å². The monoisotopic (exact) mass is 608 g/mol. The van der Waals surface area contributed by atoms with Crippen molar-refractivity contribution in [3.05, 3.63) is 34.4 Å². The van der Waals surface area contributed by atoms with E-state index in [0.717, 1.165) is 0 Å². The number of carboxylic acids is 1. The molecule has 1 aromatic rings. The van der Waals surface area contributed by atoms with E-state index in [1.54, 1.807) is 0 Å². The van der Waals surface area contributed by atoms with E-state index in [1.165, 1.54) is 54.8 Å². The van der Waals surface area contributed by atoms with Gasteiger partial charge < -0.3 is 31.3 Å². The van der Waals surface area contributed by atoms with Crippen molar-refractivity contribution < 1.29 is 38.8 Å². The standard InChI is InChI=1S/C26H36N6O9S/c1-15(27-21(33)10-11-22(34)35)23(36)28-16(2)26(39)31-13-4-5-20(31)25(38)30-19(12-14-42-3)24(37)29-17-6-8-18(9-7-17)32(40)41/h6-9,15-16,19-20H,4-5,10-14H2,1-3H3,(H,27,33)(H,28,36)(H,29,37)(H,30,38)(H,34,35)/t15-,16-,19-,20-/m0/s1. The summed E-state index contributed by atoms with van der Waals surface area (Å²) in [6, 6.07) is 1.43. The number of rotatable bonds is 15. The van der Waals surface area contributed by atoms with Crippen molar-refractivity contribution in [2.75, 3.05) is 23.9 Å². The molecule has 1 fully saturated rings. The highest BCUT2D eigenvalue weighted by Gasteiger charge is 2.38. The van der Waals surface area contributed by atoms with Crippen LogP contribution in [-0.2, 0) is 28.8 Å². The molecule has 0 spiro atoms. The van der Waals surface area contributed by atoms with Crippen LogP contribution in [0.1, 0.15) is 46.0 Å². The number of nitro groups is 1. The number of amides is 5. The van der Waals surface area contributed by atoms with Crippen LogP contribution in [0.15, 0.2) is 24.3 Å². The molecule has 5 amide bonds. The van der Waals surface area contributed by atoms with Crippen molar-refractivity contribution in [1.29, 1.82) is 0 Å². The van der Waals surface area contributed by atoms with Crippen molar-refractivity contribution in [3.63, 3.8) is 0 Å². The summed E-state index contributed by atoms with van der Waals surface area (Å²) in [5, 5.41) is 29.8. The first-order valence-electron chi connectivity index (χ1n) is 13.3. The van der Waals surface area contributed by atoms with Gasteiger partial charge in [0, 0.05) is 30.8 Å². The van der Waals surface area contributed by atoms with Crippen molar-refractivity contribution in [2.45, 2.75) is 70.1 Å². The van der Waals surface area contributed by atoms with Crippen LogP contribution in [0.4, 0.5) is 11.4 Å². The Kier molecular flexibility index (Phi) is 13.2. The van der Waals surface area contributed by atoms with Crippen molar-refractivity contribution >= 4 is 58.6 Å². The normalized spacial score (nSPS) is 16.5. The minimum Gasteiger partial charge on any atom is -0.481 e. The molecule has 4 atom stereocenters. The molecule has 2 rings (SSSR count). The number of hydrogen-bond donors (Lipinski definition) is 5. The SMILES string of the molecule is CSCC[C@H](NC(=O)[C@@H]1CCCN1C(=O)[C@H](C)NC(=O)[C@H](C)NC(=O)CCC(=O)O)C(=O)Nc1ccc([N+](=O)[O-])cc1. The Labute approximate surface area is 246 Å². The third-order valence-corrected chi connectivity index (χ3v) is 7.14. The van der Waals surface area contributed by atoms with Crippen molar-refractivity contribution in [1.82, 2.24) is 20.9 Å². The Balaban J connectivity index is 2.00. The Morgan fingerprint density at radius 2 is 1.69 bits per heavy atom. The van der Waals surface area contributed by atoms with Crippen LogP contribution >= 0.6 is 11.8 Å². The number of nitrogens with zero attached hydrogens (tertiary/aromatic N) is 2. The molecule has 16 heteroatoms. The summed E-state index contributed by atoms with van der Waals surface area (Å²) < 4.78 is 0. The molecular formula is C26H36N6O9S. The second-order valence-electron chi connectivity index (χ2n) is 9.74. The Morgan fingerprint density at radius 1 is 1.02 bits per heavy atom. The lowest BCUT2D eigenvalue weighted by atomic mass is 10.1. The molecule has 0 radical (unpaired) electrons. The summed E-state index contributed by atoms with van der Waals surface area (Å²) in [6.45, 7) is 3.11. The van der Waals surface area contributed by atoms with Gasteiger partial charge in [-0.2, -0.15) is 11.8 Å². The van der Waals surface area contributed by atoms with Crippen LogP contribution in [0.3, 0.4) is 0 Å². The van der Waals surface area contributed by atoms with Gasteiger partial charge in [-0.05, 0) is 57.3 Å². The topological polar surface area (TPSA) is 217 Å². The van der Waals surface area contributed by atoms with E-state index in [4.69, 9.17) is 5.11 Å². The molecule has 1 heterocycles. The fourth-order valence-corrected chi connectivity index (χ4v) is 4.69. The molecule has 0 saturated carbocycles. The van der Waals surface area contributed by atoms with Gasteiger partial charge in [0.25, 0.3) is 5.69 Å². The largest absolute Gasteiger partial charge is 0.481 e. The van der Waals surface area contributed by atoms with Gasteiger partial charge in [0.15, 0.2) is 0 Å². The highest BCUT2D eigenvalue weighted by atomic mass is 32.2. The first-order valence-corrected chi connectivity index (χ1v) is 14.7. The lowest BCUT2D eigenvalue weighted by molar-refractivity contribution is -0.384. The van der Waals surface area contributed by atoms with E-state index in [0.29, 0.717) is 30.7 Å². The van der Waals surface area contributed by atoms with Gasteiger partial charge in [0.2, 0.25) is 29.5 Å². The van der Waals surface area contributed by atoms with Crippen LogP contribution in [0, 0.1) is 10.1 Å². The summed E-state index contributed by atoms with van der Waals surface area (Å²) in [7, 11) is 0. The molecule has 1 aliphatic heterocycles. The van der Waals surface area contributed by atoms with Gasteiger partial charge in [-0.1, -0.05) is 0 Å². The maximum Gasteiger partial charge on any atom is 0.303 e. The molecular weight excluding hydrogens is 572 g/mol. The number of hydrogen-bond acceptors (Lipinski definition) is 9. The fraction of sp³-hybridized carbons (Fsp3) is 0.538. The fourth-order valence-electron chi connectivity index (χ4n) is 4.22. The number of carboxylic acid groups (broad SMARTS) is 1.